The number of H-pyrrole nitrogens is 1. The number of hydrogen-bond donors (Lipinski definition) is 4. The summed E-state index contributed by atoms with van der Waals surface area (Å²) in [5.41, 5.74) is 4.97. The van der Waals surface area contributed by atoms with Gasteiger partial charge in [0, 0.05) is 15.6 Å². The summed E-state index contributed by atoms with van der Waals surface area (Å²) in [6.07, 6.45) is -0.981. The van der Waals surface area contributed by atoms with E-state index in [1.54, 1.807) is 12.1 Å². The molecule has 42 heavy (non-hydrogen) atoms. The number of nitrogens with zero attached hydrogens (tertiary/aromatic N) is 4. The van der Waals surface area contributed by atoms with Crippen LogP contribution < -0.4 is 5.56 Å². The third-order valence-corrected chi connectivity index (χ3v) is 8.40. The summed E-state index contributed by atoms with van der Waals surface area (Å²) < 4.78 is 6.85. The molecule has 0 bridgehead atoms. The first-order valence-electron chi connectivity index (χ1n) is 13.5. The highest BCUT2D eigenvalue weighted by molar-refractivity contribution is 6.31. The number of rotatable bonds is 3. The molecule has 2 aromatic carbocycles. The third-order valence-electron chi connectivity index (χ3n) is 7.90. The minimum atomic E-state index is -1.51. The van der Waals surface area contributed by atoms with Gasteiger partial charge in [0.15, 0.2) is 11.5 Å². The van der Waals surface area contributed by atoms with Crippen LogP contribution in [0.15, 0.2) is 53.3 Å². The van der Waals surface area contributed by atoms with Gasteiger partial charge in [0.05, 0.1) is 17.7 Å². The van der Waals surface area contributed by atoms with Crippen LogP contribution in [0.25, 0.3) is 39.6 Å². The molecule has 1 fully saturated rings. The zero-order valence-corrected chi connectivity index (χ0v) is 23.5. The number of fused-ring (bicyclic) bond motifs is 3. The number of hydrogen-bond acceptors (Lipinski definition) is 8. The van der Waals surface area contributed by atoms with Gasteiger partial charge in [0.2, 0.25) is 5.78 Å². The Morgan fingerprint density at radius 3 is 2.40 bits per heavy atom. The summed E-state index contributed by atoms with van der Waals surface area (Å²) >= 11 is 12.3. The number of aromatic nitrogens is 5. The van der Waals surface area contributed by atoms with Crippen molar-refractivity contribution in [3.8, 4) is 11.1 Å². The van der Waals surface area contributed by atoms with Crippen molar-refractivity contribution in [3.05, 3.63) is 91.6 Å². The molecule has 3 aromatic heterocycles. The predicted molar refractivity (Wildman–Crippen MR) is 158 cm³/mol. The van der Waals surface area contributed by atoms with E-state index in [2.05, 4.69) is 16.3 Å². The Hall–Kier alpha value is -3.64. The summed E-state index contributed by atoms with van der Waals surface area (Å²) in [7, 11) is 0. The molecule has 7 rings (SSSR count). The van der Waals surface area contributed by atoms with E-state index in [0.717, 1.165) is 40.8 Å². The molecule has 4 atom stereocenters. The van der Waals surface area contributed by atoms with Crippen LogP contribution in [-0.4, -0.2) is 64.8 Å². The fraction of sp³-hybridized carbons (Fsp3) is 0.267. The number of benzene rings is 2. The van der Waals surface area contributed by atoms with Gasteiger partial charge in [-0.3, -0.25) is 4.79 Å². The molecule has 4 heterocycles. The van der Waals surface area contributed by atoms with E-state index < -0.39 is 30.0 Å². The highest BCUT2D eigenvalue weighted by Gasteiger charge is 2.41. The molecule has 12 heteroatoms. The van der Waals surface area contributed by atoms with E-state index >= 15 is 0 Å². The van der Waals surface area contributed by atoms with Gasteiger partial charge in [-0.2, -0.15) is 10.1 Å². The Balaban J connectivity index is 1.50. The molecule has 1 saturated heterocycles. The standard InChI is InChI=1S/C30H25Cl2N5O5/c31-17-8-4-14(5-9-17)12-16-2-1-3-19-21(15-6-10-18(32)11-7-15)22-27(33-23(16)19)34-30-36-35-28(37(30)29(22)41)26-25(40)24(39)20(38)13-42-26/h4-12,20,24-26,38-40H,1-3,13H2,(H,33,34,36)/b16-12-/t20-,24-,25+,26?/m1/s1. The molecular weight excluding hydrogens is 581 g/mol. The molecule has 5 aromatic rings. The lowest BCUT2D eigenvalue weighted by atomic mass is 9.84. The number of nitrogens with one attached hydrogen (secondary N) is 1. The number of halogens is 2. The molecule has 1 aliphatic heterocycles. The molecule has 4 N–H and O–H groups in total. The average Bonchev–Trinajstić information content (AvgIpc) is 3.41. The van der Waals surface area contributed by atoms with Gasteiger partial charge in [0.25, 0.3) is 5.56 Å². The molecule has 1 unspecified atom stereocenters. The van der Waals surface area contributed by atoms with Crippen LogP contribution in [0.5, 0.6) is 0 Å². The van der Waals surface area contributed by atoms with Crippen molar-refractivity contribution >= 4 is 51.7 Å². The first-order chi connectivity index (χ1) is 20.3. The van der Waals surface area contributed by atoms with Gasteiger partial charge in [-0.1, -0.05) is 47.5 Å². The predicted octanol–water partition coefficient (Wildman–Crippen LogP) is 3.97. The SMILES string of the molecule is O=c1c2c(-c3ccc(Cl)cc3)c3c(nc2nc2[nH]nc(C4OC[C@@H](O)[C@@H](O)[C@@H]4O)n12)/C(=C\c1ccc(Cl)cc1)CCC3. The second-order valence-electron chi connectivity index (χ2n) is 10.6. The lowest BCUT2D eigenvalue weighted by Gasteiger charge is -2.34. The largest absolute Gasteiger partial charge is 0.388 e. The maximum atomic E-state index is 14.3. The van der Waals surface area contributed by atoms with Crippen molar-refractivity contribution in [3.63, 3.8) is 0 Å². The van der Waals surface area contributed by atoms with Gasteiger partial charge in [-0.05, 0) is 71.9 Å². The number of aliphatic hydroxyl groups excluding tert-OH is 3. The van der Waals surface area contributed by atoms with Crippen LogP contribution in [0, 0.1) is 0 Å². The normalized spacial score (nSPS) is 23.5. The van der Waals surface area contributed by atoms with Crippen molar-refractivity contribution in [1.29, 1.82) is 0 Å². The van der Waals surface area contributed by atoms with E-state index in [1.165, 1.54) is 4.40 Å². The second-order valence-corrected chi connectivity index (χ2v) is 11.4. The van der Waals surface area contributed by atoms with Gasteiger partial charge in [-0.15, -0.1) is 0 Å². The van der Waals surface area contributed by atoms with Gasteiger partial charge in [0.1, 0.15) is 24.4 Å². The highest BCUT2D eigenvalue weighted by Crippen LogP contribution is 2.40. The van der Waals surface area contributed by atoms with Gasteiger partial charge in [-0.25, -0.2) is 14.5 Å². The van der Waals surface area contributed by atoms with Crippen molar-refractivity contribution < 1.29 is 20.1 Å². The van der Waals surface area contributed by atoms with Crippen LogP contribution in [0.4, 0.5) is 0 Å². The summed E-state index contributed by atoms with van der Waals surface area (Å²) in [5, 5.41) is 39.3. The maximum absolute atomic E-state index is 14.3. The monoisotopic (exact) mass is 605 g/mol. The Bertz CT molecular complexity index is 1920. The third kappa shape index (κ3) is 4.51. The maximum Gasteiger partial charge on any atom is 0.270 e. The molecule has 1 aliphatic carbocycles. The topological polar surface area (TPSA) is 146 Å². The molecule has 0 amide bonds. The van der Waals surface area contributed by atoms with E-state index in [9.17, 15) is 20.1 Å². The van der Waals surface area contributed by atoms with E-state index in [-0.39, 0.29) is 29.2 Å². The lowest BCUT2D eigenvalue weighted by molar-refractivity contribution is -0.191. The average molecular weight is 606 g/mol. The van der Waals surface area contributed by atoms with Crippen LogP contribution in [0.1, 0.15) is 41.6 Å². The number of allylic oxidation sites excluding steroid dienone is 1. The highest BCUT2D eigenvalue weighted by atomic mass is 35.5. The van der Waals surface area contributed by atoms with E-state index in [0.29, 0.717) is 22.0 Å². The Labute approximate surface area is 248 Å². The molecule has 0 saturated carbocycles. The number of aliphatic hydroxyl groups is 3. The van der Waals surface area contributed by atoms with Crippen molar-refractivity contribution in [2.45, 2.75) is 43.7 Å². The zero-order valence-electron chi connectivity index (χ0n) is 22.0. The van der Waals surface area contributed by atoms with Crippen LogP contribution in [-0.2, 0) is 11.2 Å². The minimum Gasteiger partial charge on any atom is -0.388 e. The molecular formula is C30H25Cl2N5O5. The lowest BCUT2D eigenvalue weighted by Crippen LogP contribution is -2.49. The summed E-state index contributed by atoms with van der Waals surface area (Å²) in [4.78, 5) is 24.0. The summed E-state index contributed by atoms with van der Waals surface area (Å²) in [6, 6.07) is 14.9. The van der Waals surface area contributed by atoms with E-state index in [1.807, 2.05) is 36.4 Å². The molecule has 214 valence electrons. The van der Waals surface area contributed by atoms with Crippen molar-refractivity contribution in [1.82, 2.24) is 24.6 Å². The second kappa shape index (κ2) is 10.6. The summed E-state index contributed by atoms with van der Waals surface area (Å²) in [6.45, 7) is -0.235. The fourth-order valence-corrected chi connectivity index (χ4v) is 6.09. The van der Waals surface area contributed by atoms with Crippen molar-refractivity contribution in [2.24, 2.45) is 0 Å². The van der Waals surface area contributed by atoms with Crippen molar-refractivity contribution in [2.75, 3.05) is 6.61 Å². The first-order valence-corrected chi connectivity index (χ1v) is 14.3. The number of pyridine rings is 1. The van der Waals surface area contributed by atoms with E-state index in [4.69, 9.17) is 37.9 Å². The first kappa shape index (κ1) is 27.2. The smallest absolute Gasteiger partial charge is 0.270 e. The van der Waals surface area contributed by atoms with Gasteiger partial charge >= 0.3 is 0 Å². The van der Waals surface area contributed by atoms with Crippen LogP contribution in [0.3, 0.4) is 0 Å². The Morgan fingerprint density at radius 2 is 1.67 bits per heavy atom. The molecule has 10 nitrogen and oxygen atoms in total. The molecule has 0 spiro atoms. The summed E-state index contributed by atoms with van der Waals surface area (Å²) in [5.74, 6) is 0.137. The number of aromatic amines is 1. The quantitative estimate of drug-likeness (QED) is 0.242. The van der Waals surface area contributed by atoms with Crippen LogP contribution >= 0.6 is 23.2 Å². The minimum absolute atomic E-state index is 0.0333. The van der Waals surface area contributed by atoms with Crippen LogP contribution in [0.2, 0.25) is 10.0 Å². The molecule has 0 radical (unpaired) electrons. The number of ether oxygens (including phenoxy) is 1. The van der Waals surface area contributed by atoms with Gasteiger partial charge < -0.3 is 20.1 Å². The molecule has 2 aliphatic rings. The Morgan fingerprint density at radius 1 is 0.952 bits per heavy atom. The Kier molecular flexibility index (Phi) is 6.85. The fourth-order valence-electron chi connectivity index (χ4n) is 5.84. The zero-order chi connectivity index (χ0) is 29.1.